The van der Waals surface area contributed by atoms with E-state index < -0.39 is 0 Å². The molecule has 1 saturated heterocycles. The zero-order chi connectivity index (χ0) is 19.2. The number of amides is 1. The van der Waals surface area contributed by atoms with Crippen molar-refractivity contribution in [3.63, 3.8) is 0 Å². The summed E-state index contributed by atoms with van der Waals surface area (Å²) in [7, 11) is 1.61. The Morgan fingerprint density at radius 1 is 1.33 bits per heavy atom. The van der Waals surface area contributed by atoms with E-state index in [0.29, 0.717) is 24.7 Å². The summed E-state index contributed by atoms with van der Waals surface area (Å²) in [6, 6.07) is 7.63. The molecule has 27 heavy (non-hydrogen) atoms. The van der Waals surface area contributed by atoms with Crippen molar-refractivity contribution < 1.29 is 19.0 Å². The molecular formula is C20H27N3O4. The molecule has 1 amide bonds. The monoisotopic (exact) mass is 373 g/mol. The summed E-state index contributed by atoms with van der Waals surface area (Å²) in [6.07, 6.45) is 2.27. The van der Waals surface area contributed by atoms with Crippen LogP contribution in [-0.2, 0) is 22.6 Å². The predicted octanol–water partition coefficient (Wildman–Crippen LogP) is 2.38. The first-order valence-electron chi connectivity index (χ1n) is 9.24. The lowest BCUT2D eigenvalue weighted by Gasteiger charge is -2.15. The molecule has 1 aromatic heterocycles. The first-order valence-corrected chi connectivity index (χ1v) is 9.24. The molecule has 0 saturated carbocycles. The highest BCUT2D eigenvalue weighted by Crippen LogP contribution is 2.29. The number of methoxy groups -OCH3 is 1. The maximum absolute atomic E-state index is 12.2. The van der Waals surface area contributed by atoms with Gasteiger partial charge in [0.15, 0.2) is 11.5 Å². The van der Waals surface area contributed by atoms with Crippen LogP contribution in [0.3, 0.4) is 0 Å². The van der Waals surface area contributed by atoms with Crippen molar-refractivity contribution in [3.8, 4) is 11.5 Å². The fourth-order valence-corrected chi connectivity index (χ4v) is 3.13. The first kappa shape index (κ1) is 19.2. The summed E-state index contributed by atoms with van der Waals surface area (Å²) < 4.78 is 18.5. The Bertz CT molecular complexity index is 782. The average molecular weight is 373 g/mol. The van der Waals surface area contributed by atoms with Crippen molar-refractivity contribution in [3.05, 3.63) is 41.2 Å². The molecule has 1 aromatic carbocycles. The average Bonchev–Trinajstić information content (AvgIpc) is 3.28. The van der Waals surface area contributed by atoms with Crippen LogP contribution >= 0.6 is 0 Å². The van der Waals surface area contributed by atoms with Gasteiger partial charge in [-0.1, -0.05) is 6.07 Å². The molecule has 0 aliphatic carbocycles. The smallest absolute Gasteiger partial charge is 0.242 e. The van der Waals surface area contributed by atoms with Crippen LogP contribution in [-0.4, -0.2) is 42.1 Å². The van der Waals surface area contributed by atoms with Crippen LogP contribution in [0, 0.1) is 13.8 Å². The molecule has 0 radical (unpaired) electrons. The number of aryl methyl sites for hydroxylation is 2. The number of carbonyl (C=O) groups is 1. The third-order valence-electron chi connectivity index (χ3n) is 4.56. The highest BCUT2D eigenvalue weighted by molar-refractivity contribution is 5.75. The van der Waals surface area contributed by atoms with E-state index in [1.165, 1.54) is 0 Å². The summed E-state index contributed by atoms with van der Waals surface area (Å²) in [5, 5.41) is 7.22. The minimum absolute atomic E-state index is 0.0844. The van der Waals surface area contributed by atoms with Crippen molar-refractivity contribution in [1.82, 2.24) is 15.1 Å². The number of hydrogen-bond acceptors (Lipinski definition) is 5. The number of aromatic nitrogens is 2. The Balaban J connectivity index is 1.53. The number of nitrogens with one attached hydrogen (secondary N) is 1. The molecule has 3 rings (SSSR count). The number of benzene rings is 1. The van der Waals surface area contributed by atoms with E-state index in [1.54, 1.807) is 11.8 Å². The third-order valence-corrected chi connectivity index (χ3v) is 4.56. The topological polar surface area (TPSA) is 74.6 Å². The van der Waals surface area contributed by atoms with E-state index in [4.69, 9.17) is 14.2 Å². The molecule has 1 atom stereocenters. The molecule has 146 valence electrons. The van der Waals surface area contributed by atoms with E-state index in [-0.39, 0.29) is 18.6 Å². The summed E-state index contributed by atoms with van der Waals surface area (Å²) in [6.45, 7) is 5.81. The second kappa shape index (κ2) is 8.90. The number of rotatable bonds is 8. The van der Waals surface area contributed by atoms with Crippen LogP contribution in [0.15, 0.2) is 24.3 Å². The SMILES string of the molecule is COc1cc(CNC(=O)Cn2nc(C)cc2C)ccc1OC[C@@H]1CCCO1. The van der Waals surface area contributed by atoms with E-state index in [2.05, 4.69) is 10.4 Å². The molecule has 1 aliphatic heterocycles. The number of ether oxygens (including phenoxy) is 3. The van der Waals surface area contributed by atoms with Crippen molar-refractivity contribution in [2.45, 2.75) is 45.9 Å². The maximum Gasteiger partial charge on any atom is 0.242 e. The quantitative estimate of drug-likeness (QED) is 0.769. The summed E-state index contributed by atoms with van der Waals surface area (Å²) in [4.78, 5) is 12.2. The predicted molar refractivity (Wildman–Crippen MR) is 101 cm³/mol. The Labute approximate surface area is 159 Å². The van der Waals surface area contributed by atoms with Gasteiger partial charge in [-0.2, -0.15) is 5.10 Å². The van der Waals surface area contributed by atoms with Gasteiger partial charge in [-0.05, 0) is 50.5 Å². The van der Waals surface area contributed by atoms with Crippen LogP contribution in [0.5, 0.6) is 11.5 Å². The van der Waals surface area contributed by atoms with Crippen LogP contribution in [0.25, 0.3) is 0 Å². The van der Waals surface area contributed by atoms with E-state index in [0.717, 1.165) is 36.4 Å². The fraction of sp³-hybridized carbons (Fsp3) is 0.500. The van der Waals surface area contributed by atoms with Gasteiger partial charge >= 0.3 is 0 Å². The maximum atomic E-state index is 12.2. The molecule has 0 unspecified atom stereocenters. The first-order chi connectivity index (χ1) is 13.0. The highest BCUT2D eigenvalue weighted by atomic mass is 16.5. The van der Waals surface area contributed by atoms with E-state index >= 15 is 0 Å². The van der Waals surface area contributed by atoms with Crippen molar-refractivity contribution in [2.75, 3.05) is 20.3 Å². The molecule has 1 aliphatic rings. The van der Waals surface area contributed by atoms with Gasteiger partial charge in [0.2, 0.25) is 5.91 Å². The second-order valence-electron chi connectivity index (χ2n) is 6.79. The summed E-state index contributed by atoms with van der Waals surface area (Å²) in [5.74, 6) is 1.25. The van der Waals surface area contributed by atoms with Crippen molar-refractivity contribution >= 4 is 5.91 Å². The van der Waals surface area contributed by atoms with Crippen molar-refractivity contribution in [1.29, 1.82) is 0 Å². The van der Waals surface area contributed by atoms with Gasteiger partial charge in [0.25, 0.3) is 0 Å². The molecule has 7 nitrogen and oxygen atoms in total. The fourth-order valence-electron chi connectivity index (χ4n) is 3.13. The normalized spacial score (nSPS) is 16.3. The van der Waals surface area contributed by atoms with Crippen LogP contribution < -0.4 is 14.8 Å². The Morgan fingerprint density at radius 3 is 2.85 bits per heavy atom. The van der Waals surface area contributed by atoms with Crippen molar-refractivity contribution in [2.24, 2.45) is 0 Å². The lowest BCUT2D eigenvalue weighted by atomic mass is 10.2. The molecular weight excluding hydrogens is 346 g/mol. The van der Waals surface area contributed by atoms with Crippen LogP contribution in [0.1, 0.15) is 29.8 Å². The molecule has 7 heteroatoms. The Morgan fingerprint density at radius 2 is 2.19 bits per heavy atom. The van der Waals surface area contributed by atoms with Gasteiger partial charge < -0.3 is 19.5 Å². The van der Waals surface area contributed by atoms with Gasteiger partial charge in [0.05, 0.1) is 18.9 Å². The molecule has 0 spiro atoms. The number of carbonyl (C=O) groups excluding carboxylic acids is 1. The zero-order valence-electron chi connectivity index (χ0n) is 16.2. The lowest BCUT2D eigenvalue weighted by molar-refractivity contribution is -0.122. The minimum Gasteiger partial charge on any atom is -0.493 e. The zero-order valence-corrected chi connectivity index (χ0v) is 16.2. The minimum atomic E-state index is -0.0844. The van der Waals surface area contributed by atoms with Gasteiger partial charge in [0.1, 0.15) is 13.2 Å². The lowest BCUT2D eigenvalue weighted by Crippen LogP contribution is -2.28. The second-order valence-corrected chi connectivity index (χ2v) is 6.79. The van der Waals surface area contributed by atoms with Gasteiger partial charge in [0, 0.05) is 18.8 Å². The van der Waals surface area contributed by atoms with E-state index in [9.17, 15) is 4.79 Å². The molecule has 2 aromatic rings. The van der Waals surface area contributed by atoms with Crippen LogP contribution in [0.4, 0.5) is 0 Å². The third kappa shape index (κ3) is 5.23. The Hall–Kier alpha value is -2.54. The van der Waals surface area contributed by atoms with E-state index in [1.807, 2.05) is 38.1 Å². The standard InChI is InChI=1S/C20H27N3O4/c1-14-9-15(2)23(22-14)12-20(24)21-11-16-6-7-18(19(10-16)25-3)27-13-17-5-4-8-26-17/h6-7,9-10,17H,4-5,8,11-13H2,1-3H3,(H,21,24)/t17-/m0/s1. The van der Waals surface area contributed by atoms with Gasteiger partial charge in [-0.15, -0.1) is 0 Å². The van der Waals surface area contributed by atoms with Gasteiger partial charge in [-0.3, -0.25) is 9.48 Å². The highest BCUT2D eigenvalue weighted by Gasteiger charge is 2.17. The molecule has 1 fully saturated rings. The summed E-state index contributed by atoms with van der Waals surface area (Å²) in [5.41, 5.74) is 2.82. The molecule has 1 N–H and O–H groups in total. The molecule has 0 bridgehead atoms. The van der Waals surface area contributed by atoms with Gasteiger partial charge in [-0.25, -0.2) is 0 Å². The Kier molecular flexibility index (Phi) is 6.34. The number of nitrogens with zero attached hydrogens (tertiary/aromatic N) is 2. The largest absolute Gasteiger partial charge is 0.493 e. The summed E-state index contributed by atoms with van der Waals surface area (Å²) >= 11 is 0. The number of hydrogen-bond donors (Lipinski definition) is 1. The van der Waals surface area contributed by atoms with Crippen LogP contribution in [0.2, 0.25) is 0 Å². The molecule has 2 heterocycles.